The molecule has 192 valence electrons. The molecule has 37 heavy (non-hydrogen) atoms. The van der Waals surface area contributed by atoms with Crippen molar-refractivity contribution in [3.05, 3.63) is 87.0 Å². The van der Waals surface area contributed by atoms with Crippen LogP contribution in [0.2, 0.25) is 0 Å². The van der Waals surface area contributed by atoms with Crippen molar-refractivity contribution in [1.29, 1.82) is 0 Å². The van der Waals surface area contributed by atoms with Crippen LogP contribution in [0.25, 0.3) is 11.0 Å². The van der Waals surface area contributed by atoms with Crippen molar-refractivity contribution in [3.8, 4) is 5.75 Å². The van der Waals surface area contributed by atoms with E-state index in [4.69, 9.17) is 4.42 Å². The Morgan fingerprint density at radius 2 is 1.81 bits per heavy atom. The van der Waals surface area contributed by atoms with Gasteiger partial charge in [0.1, 0.15) is 11.5 Å². The molecule has 2 aliphatic rings. The maximum absolute atomic E-state index is 13.2. The highest BCUT2D eigenvalue weighted by atomic mass is 32.2. The van der Waals surface area contributed by atoms with Gasteiger partial charge in [-0.1, -0.05) is 49.2 Å². The Labute approximate surface area is 215 Å². The van der Waals surface area contributed by atoms with Crippen LogP contribution < -0.4 is 5.63 Å². The number of fused-ring (bicyclic) bond motifs is 2. The molecule has 1 fully saturated rings. The molecule has 2 aromatic carbocycles. The number of aromatic hydroxyl groups is 1. The minimum Gasteiger partial charge on any atom is -0.507 e. The number of nitrogens with one attached hydrogen (secondary N) is 1. The van der Waals surface area contributed by atoms with Crippen LogP contribution >= 0.6 is 0 Å². The summed E-state index contributed by atoms with van der Waals surface area (Å²) >= 11 is 0. The first-order chi connectivity index (χ1) is 17.9. The van der Waals surface area contributed by atoms with E-state index in [0.29, 0.717) is 40.8 Å². The molecule has 7 nitrogen and oxygen atoms in total. The first-order valence-electron chi connectivity index (χ1n) is 13.0. The Hall–Kier alpha value is -3.39. The van der Waals surface area contributed by atoms with E-state index in [1.165, 1.54) is 0 Å². The van der Waals surface area contributed by atoms with Crippen LogP contribution in [0.4, 0.5) is 0 Å². The molecule has 1 saturated carbocycles. The van der Waals surface area contributed by atoms with Crippen molar-refractivity contribution in [2.24, 2.45) is 5.92 Å². The minimum absolute atomic E-state index is 0.0576. The van der Waals surface area contributed by atoms with Crippen LogP contribution in [-0.4, -0.2) is 23.5 Å². The number of nitrogens with zero attached hydrogens (tertiary/aromatic N) is 1. The zero-order chi connectivity index (χ0) is 25.6. The number of aromatic amines is 1. The van der Waals surface area contributed by atoms with E-state index in [-0.39, 0.29) is 28.5 Å². The number of hydrogen-bond acceptors (Lipinski definition) is 6. The fourth-order valence-electron chi connectivity index (χ4n) is 5.64. The van der Waals surface area contributed by atoms with E-state index < -0.39 is 15.5 Å². The number of sulfone groups is 1. The van der Waals surface area contributed by atoms with Gasteiger partial charge >= 0.3 is 5.63 Å². The first kappa shape index (κ1) is 24.0. The van der Waals surface area contributed by atoms with Crippen LogP contribution in [0.1, 0.15) is 72.5 Å². The van der Waals surface area contributed by atoms with Gasteiger partial charge in [-0.05, 0) is 61.3 Å². The van der Waals surface area contributed by atoms with E-state index in [1.54, 1.807) is 18.2 Å². The summed E-state index contributed by atoms with van der Waals surface area (Å²) in [5.74, 6) is 0.350. The van der Waals surface area contributed by atoms with Gasteiger partial charge in [0.25, 0.3) is 0 Å². The number of aromatic nitrogens is 2. The highest BCUT2D eigenvalue weighted by Crippen LogP contribution is 2.48. The third kappa shape index (κ3) is 4.70. The van der Waals surface area contributed by atoms with E-state index in [0.717, 1.165) is 49.7 Å². The number of hydrogen-bond donors (Lipinski definition) is 2. The van der Waals surface area contributed by atoms with Crippen molar-refractivity contribution in [1.82, 2.24) is 9.97 Å². The maximum Gasteiger partial charge on any atom is 0.343 e. The number of rotatable bonds is 6. The Kier molecular flexibility index (Phi) is 6.15. The van der Waals surface area contributed by atoms with Gasteiger partial charge in [-0.2, -0.15) is 0 Å². The second kappa shape index (κ2) is 9.49. The predicted octanol–water partition coefficient (Wildman–Crippen LogP) is 5.40. The smallest absolute Gasteiger partial charge is 0.343 e. The highest BCUT2D eigenvalue weighted by molar-refractivity contribution is 7.90. The zero-order valence-corrected chi connectivity index (χ0v) is 21.4. The van der Waals surface area contributed by atoms with Gasteiger partial charge in [0.05, 0.1) is 22.3 Å². The van der Waals surface area contributed by atoms with Crippen molar-refractivity contribution in [2.75, 3.05) is 0 Å². The molecule has 2 N–H and O–H groups in total. The molecule has 2 heterocycles. The monoisotopic (exact) mass is 518 g/mol. The molecule has 2 aromatic heterocycles. The minimum atomic E-state index is -3.72. The van der Waals surface area contributed by atoms with E-state index in [9.17, 15) is 18.3 Å². The van der Waals surface area contributed by atoms with E-state index in [1.807, 2.05) is 30.3 Å². The average Bonchev–Trinajstić information content (AvgIpc) is 3.59. The molecular weight excluding hydrogens is 488 g/mol. The average molecular weight is 519 g/mol. The summed E-state index contributed by atoms with van der Waals surface area (Å²) in [5.41, 5.74) is 3.32. The van der Waals surface area contributed by atoms with Crippen molar-refractivity contribution >= 4 is 20.9 Å². The Bertz CT molecular complexity index is 1600. The number of aryl methyl sites for hydroxylation is 1. The topological polar surface area (TPSA) is 113 Å². The SMILES string of the molecule is O=c1oc2c(c(O)c1C(c1cccc(CS(=O)(=O)c3nc4ccccc4[nH]3)c1)C1CC1)CCCCCC2. The molecule has 0 bridgehead atoms. The standard InChI is InChI=1S/C29H30N2O5S/c32-27-21-10-3-1-2-4-13-24(21)36-28(33)26(27)25(19-14-15-19)20-9-7-8-18(16-20)17-37(34,35)29-30-22-11-5-6-12-23(22)31-29/h5-9,11-12,16,19,25,32H,1-4,10,13-15,17H2,(H,30,31). The highest BCUT2D eigenvalue weighted by Gasteiger charge is 2.38. The van der Waals surface area contributed by atoms with Gasteiger partial charge in [0.2, 0.25) is 15.0 Å². The van der Waals surface area contributed by atoms with Crippen molar-refractivity contribution in [2.45, 2.75) is 68.2 Å². The molecule has 0 spiro atoms. The Balaban J connectivity index is 1.36. The summed E-state index contributed by atoms with van der Waals surface area (Å²) in [6, 6.07) is 14.6. The summed E-state index contributed by atoms with van der Waals surface area (Å²) in [5, 5.41) is 11.3. The van der Waals surface area contributed by atoms with Gasteiger partial charge in [0.15, 0.2) is 0 Å². The van der Waals surface area contributed by atoms with Gasteiger partial charge in [-0.15, -0.1) is 0 Å². The zero-order valence-electron chi connectivity index (χ0n) is 20.6. The summed E-state index contributed by atoms with van der Waals surface area (Å²) in [6.45, 7) is 0. The third-order valence-corrected chi connectivity index (χ3v) is 9.12. The Morgan fingerprint density at radius 1 is 1.03 bits per heavy atom. The lowest BCUT2D eigenvalue weighted by Gasteiger charge is -2.21. The lowest BCUT2D eigenvalue weighted by molar-refractivity contribution is 0.382. The lowest BCUT2D eigenvalue weighted by atomic mass is 9.85. The molecule has 0 radical (unpaired) electrons. The van der Waals surface area contributed by atoms with Crippen molar-refractivity contribution in [3.63, 3.8) is 0 Å². The van der Waals surface area contributed by atoms with Crippen molar-refractivity contribution < 1.29 is 17.9 Å². The molecule has 4 aromatic rings. The molecule has 6 rings (SSSR count). The third-order valence-electron chi connectivity index (χ3n) is 7.63. The molecular formula is C29H30N2O5S. The second-order valence-corrected chi connectivity index (χ2v) is 12.3. The Morgan fingerprint density at radius 3 is 2.59 bits per heavy atom. The summed E-state index contributed by atoms with van der Waals surface area (Å²) in [4.78, 5) is 20.4. The molecule has 0 aliphatic heterocycles. The van der Waals surface area contributed by atoms with Gasteiger partial charge < -0.3 is 14.5 Å². The second-order valence-electron chi connectivity index (χ2n) is 10.3. The largest absolute Gasteiger partial charge is 0.507 e. The molecule has 0 amide bonds. The summed E-state index contributed by atoms with van der Waals surface area (Å²) < 4.78 is 32.2. The number of para-hydroxylation sites is 2. The van der Waals surface area contributed by atoms with Crippen LogP contribution in [0.15, 0.2) is 62.9 Å². The van der Waals surface area contributed by atoms with Crippen LogP contribution in [0.5, 0.6) is 5.75 Å². The molecule has 1 atom stereocenters. The van der Waals surface area contributed by atoms with Crippen LogP contribution in [0.3, 0.4) is 0 Å². The molecule has 8 heteroatoms. The van der Waals surface area contributed by atoms with Crippen LogP contribution in [-0.2, 0) is 28.4 Å². The van der Waals surface area contributed by atoms with Gasteiger partial charge in [-0.3, -0.25) is 0 Å². The fraction of sp³-hybridized carbons (Fsp3) is 0.379. The molecule has 0 saturated heterocycles. The van der Waals surface area contributed by atoms with Gasteiger partial charge in [-0.25, -0.2) is 18.2 Å². The van der Waals surface area contributed by atoms with Crippen LogP contribution in [0, 0.1) is 5.92 Å². The normalized spacial score (nSPS) is 17.2. The van der Waals surface area contributed by atoms with E-state index in [2.05, 4.69) is 9.97 Å². The number of imidazole rings is 1. The predicted molar refractivity (Wildman–Crippen MR) is 141 cm³/mol. The number of benzene rings is 2. The quantitative estimate of drug-likeness (QED) is 0.354. The van der Waals surface area contributed by atoms with Gasteiger partial charge in [0, 0.05) is 17.9 Å². The molecule has 1 unspecified atom stereocenters. The molecule has 2 aliphatic carbocycles. The van der Waals surface area contributed by atoms with E-state index >= 15 is 0 Å². The summed E-state index contributed by atoms with van der Waals surface area (Å²) in [7, 11) is -3.72. The fourth-order valence-corrected chi connectivity index (χ4v) is 6.90. The summed E-state index contributed by atoms with van der Waals surface area (Å²) in [6.07, 6.45) is 7.36. The first-order valence-corrected chi connectivity index (χ1v) is 14.7. The lowest BCUT2D eigenvalue weighted by Crippen LogP contribution is -2.19. The maximum atomic E-state index is 13.2. The number of H-pyrrole nitrogens is 1.